The van der Waals surface area contributed by atoms with Gasteiger partial charge in [0.15, 0.2) is 0 Å². The van der Waals surface area contributed by atoms with Crippen LogP contribution in [0.1, 0.15) is 20.7 Å². The largest absolute Gasteiger partial charge is 0.291 e. The predicted molar refractivity (Wildman–Crippen MR) is 101 cm³/mol. The molecule has 2 aromatic carbocycles. The van der Waals surface area contributed by atoms with Gasteiger partial charge in [-0.05, 0) is 36.4 Å². The summed E-state index contributed by atoms with van der Waals surface area (Å²) in [6.07, 6.45) is 2.53. The Labute approximate surface area is 167 Å². The molecule has 4 N–H and O–H groups in total. The fourth-order valence-electron chi connectivity index (χ4n) is 2.15. The van der Waals surface area contributed by atoms with Crippen molar-refractivity contribution in [1.82, 2.24) is 30.4 Å². The third kappa shape index (κ3) is 5.76. The predicted octanol–water partition coefficient (Wildman–Crippen LogP) is 2.39. The third-order valence-electron chi connectivity index (χ3n) is 3.47. The number of hydrogen-bond donors (Lipinski definition) is 4. The van der Waals surface area contributed by atoms with E-state index in [1.165, 1.54) is 49.1 Å². The van der Waals surface area contributed by atoms with E-state index in [2.05, 4.69) is 41.0 Å². The van der Waals surface area contributed by atoms with E-state index in [0.29, 0.717) is 0 Å². The molecule has 0 aliphatic heterocycles. The van der Waals surface area contributed by atoms with E-state index in [0.717, 1.165) is 12.1 Å². The molecule has 0 bridgehead atoms. The van der Waals surface area contributed by atoms with Gasteiger partial charge in [-0.25, -0.2) is 19.0 Å². The van der Waals surface area contributed by atoms with E-state index in [4.69, 9.17) is 0 Å². The van der Waals surface area contributed by atoms with Crippen molar-refractivity contribution in [3.63, 3.8) is 0 Å². The molecule has 30 heavy (non-hydrogen) atoms. The smallest absolute Gasteiger partial charge is 0.258 e. The van der Waals surface area contributed by atoms with Crippen LogP contribution in [0, 0.1) is 11.6 Å². The number of halogens is 2. The number of carbonyl (C=O) groups is 2. The summed E-state index contributed by atoms with van der Waals surface area (Å²) in [6, 6.07) is 10.8. The molecule has 4 aromatic rings. The summed E-state index contributed by atoms with van der Waals surface area (Å²) in [5.74, 6) is -1.34. The second kappa shape index (κ2) is 9.64. The number of carbonyl (C=O) groups excluding carboxylic acids is 2. The number of rotatable bonds is 4. The van der Waals surface area contributed by atoms with Gasteiger partial charge in [-0.3, -0.25) is 20.2 Å². The summed E-state index contributed by atoms with van der Waals surface area (Å²) < 4.78 is 25.6. The molecule has 0 aliphatic carbocycles. The highest BCUT2D eigenvalue weighted by Crippen LogP contribution is 2.06. The minimum atomic E-state index is -0.458. The number of amides is 2. The second-order valence-electron chi connectivity index (χ2n) is 5.60. The Kier molecular flexibility index (Phi) is 6.51. The van der Waals surface area contributed by atoms with Crippen LogP contribution in [0.2, 0.25) is 0 Å². The SMILES string of the molecule is O=C(Nc1ncn[nH]1)c1cccc(F)c1.O=C(Nc1ncn[nH]1)c1cccc(F)c1. The topological polar surface area (TPSA) is 141 Å². The maximum atomic E-state index is 12.8. The van der Waals surface area contributed by atoms with Gasteiger partial charge in [-0.15, -0.1) is 0 Å². The molecule has 0 unspecified atom stereocenters. The number of anilines is 2. The molecule has 4 rings (SSSR count). The van der Waals surface area contributed by atoms with Crippen LogP contribution in [0.15, 0.2) is 61.2 Å². The van der Waals surface area contributed by atoms with Crippen molar-refractivity contribution in [2.45, 2.75) is 0 Å². The molecule has 0 saturated carbocycles. The molecule has 0 radical (unpaired) electrons. The zero-order chi connectivity index (χ0) is 21.3. The molecular weight excluding hydrogens is 398 g/mol. The first-order valence-electron chi connectivity index (χ1n) is 8.36. The Morgan fingerprint density at radius 3 is 1.50 bits per heavy atom. The third-order valence-corrected chi connectivity index (χ3v) is 3.47. The lowest BCUT2D eigenvalue weighted by Crippen LogP contribution is -2.13. The number of aromatic nitrogens is 6. The molecule has 0 fully saturated rings. The quantitative estimate of drug-likeness (QED) is 0.406. The maximum Gasteiger partial charge on any atom is 0.258 e. The van der Waals surface area contributed by atoms with Crippen LogP contribution in [0.25, 0.3) is 0 Å². The van der Waals surface area contributed by atoms with Crippen LogP contribution in [-0.2, 0) is 0 Å². The van der Waals surface area contributed by atoms with Crippen LogP contribution in [0.4, 0.5) is 20.7 Å². The Morgan fingerprint density at radius 1 is 0.733 bits per heavy atom. The number of benzene rings is 2. The van der Waals surface area contributed by atoms with Crippen molar-refractivity contribution in [2.75, 3.05) is 10.6 Å². The maximum absolute atomic E-state index is 12.8. The first kappa shape index (κ1) is 20.3. The lowest BCUT2D eigenvalue weighted by Gasteiger charge is -2.00. The standard InChI is InChI=1S/2C9H7FN4O/c2*10-7-3-1-2-6(4-7)8(15)13-9-11-5-12-14-9/h2*1-5H,(H2,11,12,13,14,15). The summed E-state index contributed by atoms with van der Waals surface area (Å²) in [7, 11) is 0. The average molecular weight is 412 g/mol. The number of hydrogen-bond acceptors (Lipinski definition) is 6. The van der Waals surface area contributed by atoms with Crippen molar-refractivity contribution in [2.24, 2.45) is 0 Å². The van der Waals surface area contributed by atoms with Crippen molar-refractivity contribution >= 4 is 23.7 Å². The lowest BCUT2D eigenvalue weighted by atomic mass is 10.2. The molecule has 0 saturated heterocycles. The molecule has 12 heteroatoms. The van der Waals surface area contributed by atoms with Gasteiger partial charge in [0, 0.05) is 11.1 Å². The van der Waals surface area contributed by atoms with Crippen LogP contribution >= 0.6 is 0 Å². The Morgan fingerprint density at radius 2 is 1.17 bits per heavy atom. The van der Waals surface area contributed by atoms with Crippen molar-refractivity contribution in [3.8, 4) is 0 Å². The summed E-state index contributed by atoms with van der Waals surface area (Å²) in [5, 5.41) is 16.9. The minimum Gasteiger partial charge on any atom is -0.291 e. The zero-order valence-corrected chi connectivity index (χ0v) is 15.1. The number of aromatic amines is 2. The van der Waals surface area contributed by atoms with E-state index in [1.807, 2.05) is 0 Å². The summed E-state index contributed by atoms with van der Waals surface area (Å²) in [4.78, 5) is 30.4. The van der Waals surface area contributed by atoms with E-state index in [9.17, 15) is 18.4 Å². The highest BCUT2D eigenvalue weighted by molar-refractivity contribution is 6.03. The fourth-order valence-corrected chi connectivity index (χ4v) is 2.15. The minimum absolute atomic E-state index is 0.226. The molecule has 0 spiro atoms. The van der Waals surface area contributed by atoms with Gasteiger partial charge in [0.1, 0.15) is 24.3 Å². The summed E-state index contributed by atoms with van der Waals surface area (Å²) >= 11 is 0. The van der Waals surface area contributed by atoms with Gasteiger partial charge < -0.3 is 0 Å². The molecule has 152 valence electrons. The Hall–Kier alpha value is -4.48. The first-order chi connectivity index (χ1) is 14.5. The number of nitrogens with one attached hydrogen (secondary N) is 4. The summed E-state index contributed by atoms with van der Waals surface area (Å²) in [6.45, 7) is 0. The average Bonchev–Trinajstić information content (AvgIpc) is 3.43. The fraction of sp³-hybridized carbons (Fsp3) is 0. The number of H-pyrrole nitrogens is 2. The van der Waals surface area contributed by atoms with Crippen LogP contribution in [0.3, 0.4) is 0 Å². The van der Waals surface area contributed by atoms with E-state index >= 15 is 0 Å². The van der Waals surface area contributed by atoms with Crippen LogP contribution in [0.5, 0.6) is 0 Å². The monoisotopic (exact) mass is 412 g/mol. The van der Waals surface area contributed by atoms with Crippen molar-refractivity contribution in [3.05, 3.63) is 83.9 Å². The molecule has 10 nitrogen and oxygen atoms in total. The first-order valence-corrected chi connectivity index (χ1v) is 8.36. The number of nitrogens with zero attached hydrogens (tertiary/aromatic N) is 4. The second-order valence-corrected chi connectivity index (χ2v) is 5.60. The van der Waals surface area contributed by atoms with Crippen molar-refractivity contribution in [1.29, 1.82) is 0 Å². The molecule has 0 atom stereocenters. The van der Waals surface area contributed by atoms with Gasteiger partial charge >= 0.3 is 0 Å². The molecule has 2 aromatic heterocycles. The van der Waals surface area contributed by atoms with Gasteiger partial charge in [-0.1, -0.05) is 12.1 Å². The van der Waals surface area contributed by atoms with Gasteiger partial charge in [-0.2, -0.15) is 20.2 Å². The van der Waals surface area contributed by atoms with Crippen molar-refractivity contribution < 1.29 is 18.4 Å². The van der Waals surface area contributed by atoms with Gasteiger partial charge in [0.05, 0.1) is 0 Å². The van der Waals surface area contributed by atoms with E-state index in [-0.39, 0.29) is 23.0 Å². The highest BCUT2D eigenvalue weighted by atomic mass is 19.1. The van der Waals surface area contributed by atoms with E-state index in [1.54, 1.807) is 0 Å². The van der Waals surface area contributed by atoms with E-state index < -0.39 is 23.4 Å². The molecule has 2 amide bonds. The Bertz CT molecular complexity index is 1030. The van der Waals surface area contributed by atoms with Gasteiger partial charge in [0.25, 0.3) is 11.8 Å². The van der Waals surface area contributed by atoms with Gasteiger partial charge in [0.2, 0.25) is 11.9 Å². The summed E-state index contributed by atoms with van der Waals surface area (Å²) in [5.41, 5.74) is 0.456. The highest BCUT2D eigenvalue weighted by Gasteiger charge is 2.08. The molecular formula is C18H14F2N8O2. The normalized spacial score (nSPS) is 9.93. The Balaban J connectivity index is 0.000000171. The lowest BCUT2D eigenvalue weighted by molar-refractivity contribution is 0.101. The molecule has 0 aliphatic rings. The van der Waals surface area contributed by atoms with Crippen LogP contribution < -0.4 is 10.6 Å². The molecule has 2 heterocycles. The zero-order valence-electron chi connectivity index (χ0n) is 15.1. The van der Waals surface area contributed by atoms with Crippen LogP contribution in [-0.4, -0.2) is 42.2 Å².